The van der Waals surface area contributed by atoms with E-state index in [-0.39, 0.29) is 21.8 Å². The van der Waals surface area contributed by atoms with Gasteiger partial charge in [-0.15, -0.1) is 0 Å². The maximum Gasteiger partial charge on any atom is 0.177 e. The number of hydrogen-bond donors (Lipinski definition) is 2. The first-order valence-corrected chi connectivity index (χ1v) is 10.2. The third-order valence-electron chi connectivity index (χ3n) is 3.17. The van der Waals surface area contributed by atoms with Crippen molar-refractivity contribution in [3.63, 3.8) is 0 Å². The molecule has 3 N–H and O–H groups in total. The number of anilines is 1. The fourth-order valence-electron chi connectivity index (χ4n) is 1.65. The average molecular weight is 334 g/mol. The highest BCUT2D eigenvalue weighted by Gasteiger charge is 2.18. The van der Waals surface area contributed by atoms with Gasteiger partial charge in [0.05, 0.1) is 15.5 Å². The van der Waals surface area contributed by atoms with Gasteiger partial charge < -0.3 is 11.1 Å². The van der Waals surface area contributed by atoms with Gasteiger partial charge in [-0.25, -0.2) is 16.8 Å². The van der Waals surface area contributed by atoms with Gasteiger partial charge in [0.2, 0.25) is 0 Å². The molecule has 0 saturated heterocycles. The van der Waals surface area contributed by atoms with Crippen LogP contribution in [0.1, 0.15) is 13.8 Å². The van der Waals surface area contributed by atoms with Gasteiger partial charge in [0.1, 0.15) is 0 Å². The summed E-state index contributed by atoms with van der Waals surface area (Å²) in [5.74, 6) is 0.245. The average Bonchev–Trinajstić information content (AvgIpc) is 2.33. The molecule has 0 aliphatic carbocycles. The summed E-state index contributed by atoms with van der Waals surface area (Å²) in [6.07, 6.45) is 2.08. The first-order valence-electron chi connectivity index (χ1n) is 6.46. The Kier molecular flexibility index (Phi) is 5.40. The minimum absolute atomic E-state index is 0.0263. The van der Waals surface area contributed by atoms with Crippen molar-refractivity contribution >= 4 is 25.4 Å². The van der Waals surface area contributed by atoms with E-state index in [9.17, 15) is 16.8 Å². The van der Waals surface area contributed by atoms with Crippen LogP contribution in [-0.4, -0.2) is 41.9 Å². The molecule has 21 heavy (non-hydrogen) atoms. The summed E-state index contributed by atoms with van der Waals surface area (Å²) >= 11 is 0. The highest BCUT2D eigenvalue weighted by atomic mass is 32.2. The van der Waals surface area contributed by atoms with Crippen molar-refractivity contribution in [3.8, 4) is 0 Å². The largest absolute Gasteiger partial charge is 0.382 e. The summed E-state index contributed by atoms with van der Waals surface area (Å²) in [4.78, 5) is -0.0667. The zero-order valence-electron chi connectivity index (χ0n) is 12.6. The molecule has 1 unspecified atom stereocenters. The summed E-state index contributed by atoms with van der Waals surface area (Å²) in [5.41, 5.74) is 6.28. The molecule has 1 aromatic rings. The van der Waals surface area contributed by atoms with Crippen molar-refractivity contribution in [3.05, 3.63) is 18.2 Å². The highest BCUT2D eigenvalue weighted by molar-refractivity contribution is 7.91. The van der Waals surface area contributed by atoms with Crippen LogP contribution in [0.4, 0.5) is 5.69 Å². The maximum atomic E-state index is 11.8. The molecule has 1 atom stereocenters. The fourth-order valence-corrected chi connectivity index (χ4v) is 3.25. The van der Waals surface area contributed by atoms with E-state index in [1.807, 2.05) is 13.8 Å². The molecule has 1 aromatic carbocycles. The van der Waals surface area contributed by atoms with Crippen molar-refractivity contribution in [2.75, 3.05) is 24.4 Å². The molecular weight excluding hydrogens is 312 g/mol. The summed E-state index contributed by atoms with van der Waals surface area (Å²) in [5, 5.41) is 2.98. The number of sulfone groups is 2. The molecule has 6 nitrogen and oxygen atoms in total. The van der Waals surface area contributed by atoms with E-state index in [0.717, 1.165) is 12.5 Å². The zero-order valence-corrected chi connectivity index (χ0v) is 14.3. The Bertz CT molecular complexity index is 710. The van der Waals surface area contributed by atoms with E-state index in [1.165, 1.54) is 18.2 Å². The molecule has 0 aliphatic heterocycles. The predicted octanol–water partition coefficient (Wildman–Crippen LogP) is 0.889. The predicted molar refractivity (Wildman–Crippen MR) is 84.0 cm³/mol. The Morgan fingerprint density at radius 1 is 1.10 bits per heavy atom. The molecule has 0 radical (unpaired) electrons. The van der Waals surface area contributed by atoms with Gasteiger partial charge in [-0.3, -0.25) is 0 Å². The second kappa shape index (κ2) is 6.33. The quantitative estimate of drug-likeness (QED) is 0.800. The molecular formula is C13H22N2O4S2. The van der Waals surface area contributed by atoms with Gasteiger partial charge in [0.25, 0.3) is 0 Å². The molecule has 0 aromatic heterocycles. The monoisotopic (exact) mass is 334 g/mol. The first kappa shape index (κ1) is 17.9. The maximum absolute atomic E-state index is 11.8. The van der Waals surface area contributed by atoms with Crippen LogP contribution in [0.15, 0.2) is 28.0 Å². The second-order valence-corrected chi connectivity index (χ2v) is 9.49. The van der Waals surface area contributed by atoms with Crippen LogP contribution in [0.3, 0.4) is 0 Å². The van der Waals surface area contributed by atoms with Crippen LogP contribution in [0.2, 0.25) is 0 Å². The standard InChI is InChI=1S/C13H22N2O4S2/c1-9(2)11(14)8-15-12-6-5-10(20(3,16)17)7-13(12)21(4,18)19/h5-7,9,11,15H,8,14H2,1-4H3. The number of nitrogens with two attached hydrogens (primary N) is 1. The molecule has 0 saturated carbocycles. The molecule has 0 aliphatic rings. The molecule has 1 rings (SSSR count). The third kappa shape index (κ3) is 4.98. The molecule has 8 heteroatoms. The molecule has 0 bridgehead atoms. The van der Waals surface area contributed by atoms with Crippen molar-refractivity contribution in [1.82, 2.24) is 0 Å². The Morgan fingerprint density at radius 2 is 1.67 bits per heavy atom. The van der Waals surface area contributed by atoms with Gasteiger partial charge in [-0.1, -0.05) is 13.8 Å². The molecule has 0 fully saturated rings. The molecule has 0 spiro atoms. The highest BCUT2D eigenvalue weighted by Crippen LogP contribution is 2.25. The third-order valence-corrected chi connectivity index (χ3v) is 5.41. The Labute approximate surface area is 126 Å². The lowest BCUT2D eigenvalue weighted by Gasteiger charge is -2.18. The van der Waals surface area contributed by atoms with E-state index in [2.05, 4.69) is 5.32 Å². The van der Waals surface area contributed by atoms with E-state index >= 15 is 0 Å². The van der Waals surface area contributed by atoms with Crippen molar-refractivity contribution in [1.29, 1.82) is 0 Å². The van der Waals surface area contributed by atoms with Crippen LogP contribution in [0, 0.1) is 5.92 Å². The van der Waals surface area contributed by atoms with Crippen molar-refractivity contribution < 1.29 is 16.8 Å². The van der Waals surface area contributed by atoms with Gasteiger partial charge >= 0.3 is 0 Å². The summed E-state index contributed by atoms with van der Waals surface area (Å²) in [6, 6.07) is 3.88. The van der Waals surface area contributed by atoms with Gasteiger partial charge in [-0.05, 0) is 24.1 Å². The number of hydrogen-bond acceptors (Lipinski definition) is 6. The van der Waals surface area contributed by atoms with Crippen molar-refractivity contribution in [2.24, 2.45) is 11.7 Å². The van der Waals surface area contributed by atoms with E-state index in [4.69, 9.17) is 5.73 Å². The fraction of sp³-hybridized carbons (Fsp3) is 0.538. The second-order valence-electron chi connectivity index (χ2n) is 5.49. The molecule has 0 amide bonds. The van der Waals surface area contributed by atoms with Crippen molar-refractivity contribution in [2.45, 2.75) is 29.7 Å². The van der Waals surface area contributed by atoms with E-state index in [0.29, 0.717) is 12.2 Å². The normalized spacial score (nSPS) is 14.2. The lowest BCUT2D eigenvalue weighted by atomic mass is 10.1. The molecule has 120 valence electrons. The minimum atomic E-state index is -3.55. The Balaban J connectivity index is 3.22. The van der Waals surface area contributed by atoms with Crippen LogP contribution in [0.25, 0.3) is 0 Å². The van der Waals surface area contributed by atoms with Crippen LogP contribution in [-0.2, 0) is 19.7 Å². The van der Waals surface area contributed by atoms with E-state index < -0.39 is 19.7 Å². The summed E-state index contributed by atoms with van der Waals surface area (Å²) < 4.78 is 46.8. The first-order chi connectivity index (χ1) is 9.43. The lowest BCUT2D eigenvalue weighted by molar-refractivity contribution is 0.511. The zero-order chi connectivity index (χ0) is 16.4. The minimum Gasteiger partial charge on any atom is -0.382 e. The SMILES string of the molecule is CC(C)C(N)CNc1ccc(S(C)(=O)=O)cc1S(C)(=O)=O. The summed E-state index contributed by atoms with van der Waals surface area (Å²) in [6.45, 7) is 4.34. The smallest absolute Gasteiger partial charge is 0.177 e. The van der Waals surface area contributed by atoms with Gasteiger partial charge in [0, 0.05) is 25.1 Å². The van der Waals surface area contributed by atoms with Gasteiger partial charge in [-0.2, -0.15) is 0 Å². The Morgan fingerprint density at radius 3 is 2.10 bits per heavy atom. The number of nitrogens with one attached hydrogen (secondary N) is 1. The number of rotatable bonds is 6. The molecule has 0 heterocycles. The van der Waals surface area contributed by atoms with E-state index in [1.54, 1.807) is 0 Å². The van der Waals surface area contributed by atoms with Crippen LogP contribution in [0.5, 0.6) is 0 Å². The topological polar surface area (TPSA) is 106 Å². The lowest BCUT2D eigenvalue weighted by Crippen LogP contribution is -2.34. The summed E-state index contributed by atoms with van der Waals surface area (Å²) in [7, 11) is -7.02. The van der Waals surface area contributed by atoms with Crippen LogP contribution < -0.4 is 11.1 Å². The van der Waals surface area contributed by atoms with Gasteiger partial charge in [0.15, 0.2) is 19.7 Å². The Hall–Kier alpha value is -1.12. The number of benzene rings is 1. The van der Waals surface area contributed by atoms with Crippen LogP contribution >= 0.6 is 0 Å².